The van der Waals surface area contributed by atoms with E-state index in [1.54, 1.807) is 17.7 Å². The van der Waals surface area contributed by atoms with E-state index >= 15 is 0 Å². The Morgan fingerprint density at radius 2 is 2.00 bits per heavy atom. The van der Waals surface area contributed by atoms with Crippen LogP contribution in [0.5, 0.6) is 0 Å². The van der Waals surface area contributed by atoms with Crippen LogP contribution in [0.15, 0.2) is 6.33 Å². The van der Waals surface area contributed by atoms with E-state index in [4.69, 9.17) is 5.11 Å². The molecular weight excluding hydrogens is 286 g/mol. The van der Waals surface area contributed by atoms with Crippen LogP contribution < -0.4 is 5.32 Å². The van der Waals surface area contributed by atoms with E-state index in [0.717, 1.165) is 41.7 Å². The highest BCUT2D eigenvalue weighted by Crippen LogP contribution is 2.34. The number of carboxylic acids is 1. The summed E-state index contributed by atoms with van der Waals surface area (Å²) in [5.41, 5.74) is 1.23. The number of anilines is 1. The zero-order valence-corrected chi connectivity index (χ0v) is 13.0. The highest BCUT2D eigenvalue weighted by Gasteiger charge is 2.26. The molecule has 1 aliphatic carbocycles. The predicted molar refractivity (Wildman–Crippen MR) is 83.9 cm³/mol. The van der Waals surface area contributed by atoms with E-state index < -0.39 is 5.97 Å². The molecule has 0 aromatic carbocycles. The summed E-state index contributed by atoms with van der Waals surface area (Å²) in [6.45, 7) is 4.20. The van der Waals surface area contributed by atoms with E-state index in [0.29, 0.717) is 6.04 Å². The predicted octanol–water partition coefficient (Wildman–Crippen LogP) is 3.36. The van der Waals surface area contributed by atoms with Gasteiger partial charge in [-0.15, -0.1) is 11.3 Å². The van der Waals surface area contributed by atoms with Crippen molar-refractivity contribution in [2.75, 3.05) is 5.32 Å². The second-order valence-corrected chi connectivity index (χ2v) is 6.92. The van der Waals surface area contributed by atoms with Crippen molar-refractivity contribution in [3.63, 3.8) is 0 Å². The van der Waals surface area contributed by atoms with Crippen LogP contribution in [-0.2, 0) is 4.79 Å². The molecule has 21 heavy (non-hydrogen) atoms. The van der Waals surface area contributed by atoms with Crippen molar-refractivity contribution >= 4 is 33.3 Å². The molecule has 0 amide bonds. The molecule has 6 heteroatoms. The molecule has 2 N–H and O–H groups in total. The van der Waals surface area contributed by atoms with E-state index in [9.17, 15) is 4.79 Å². The number of carbonyl (C=O) groups is 1. The molecule has 0 aliphatic heterocycles. The standard InChI is InChI=1S/C15H19N3O2S/c1-8-9(2)21-14-12(8)13(16-7-17-14)18-11-5-3-10(4-6-11)15(19)20/h7,10-11H,3-6H2,1-2H3,(H,19,20)(H,16,17,18). The fourth-order valence-electron chi connectivity index (χ4n) is 2.97. The zero-order chi connectivity index (χ0) is 15.0. The maximum absolute atomic E-state index is 11.0. The van der Waals surface area contributed by atoms with Gasteiger partial charge in [-0.05, 0) is 45.1 Å². The highest BCUT2D eigenvalue weighted by atomic mass is 32.1. The topological polar surface area (TPSA) is 75.1 Å². The molecule has 112 valence electrons. The largest absolute Gasteiger partial charge is 0.481 e. The monoisotopic (exact) mass is 305 g/mol. The average molecular weight is 305 g/mol. The Morgan fingerprint density at radius 1 is 1.29 bits per heavy atom. The molecule has 3 rings (SSSR count). The number of carboxylic acid groups (broad SMARTS) is 1. The van der Waals surface area contributed by atoms with E-state index in [1.807, 2.05) is 0 Å². The molecule has 0 atom stereocenters. The van der Waals surface area contributed by atoms with Crippen LogP contribution in [-0.4, -0.2) is 27.1 Å². The SMILES string of the molecule is Cc1sc2ncnc(NC3CCC(C(=O)O)CC3)c2c1C. The number of aromatic nitrogens is 2. The van der Waals surface area contributed by atoms with Crippen LogP contribution in [0.4, 0.5) is 5.82 Å². The zero-order valence-electron chi connectivity index (χ0n) is 12.2. The van der Waals surface area contributed by atoms with Gasteiger partial charge in [-0.2, -0.15) is 0 Å². The number of nitrogens with one attached hydrogen (secondary N) is 1. The number of hydrogen-bond acceptors (Lipinski definition) is 5. The van der Waals surface area contributed by atoms with Crippen molar-refractivity contribution in [1.29, 1.82) is 0 Å². The normalized spacial score (nSPS) is 22.4. The third-order valence-electron chi connectivity index (χ3n) is 4.38. The molecule has 0 spiro atoms. The summed E-state index contributed by atoms with van der Waals surface area (Å²) in [5, 5.41) is 13.7. The Morgan fingerprint density at radius 3 is 2.67 bits per heavy atom. The van der Waals surface area contributed by atoms with Gasteiger partial charge < -0.3 is 10.4 Å². The third-order valence-corrected chi connectivity index (χ3v) is 5.50. The van der Waals surface area contributed by atoms with Gasteiger partial charge in [0, 0.05) is 10.9 Å². The van der Waals surface area contributed by atoms with E-state index in [2.05, 4.69) is 29.1 Å². The Bertz CT molecular complexity index is 675. The molecule has 0 unspecified atom stereocenters. The van der Waals surface area contributed by atoms with Gasteiger partial charge in [0.15, 0.2) is 0 Å². The number of aliphatic carboxylic acids is 1. The first kappa shape index (κ1) is 14.3. The van der Waals surface area contributed by atoms with Gasteiger partial charge in [0.1, 0.15) is 17.0 Å². The maximum atomic E-state index is 11.0. The molecule has 2 aromatic heterocycles. The summed E-state index contributed by atoms with van der Waals surface area (Å²) in [5.74, 6) is 0.0430. The lowest BCUT2D eigenvalue weighted by molar-refractivity contribution is -0.142. The van der Waals surface area contributed by atoms with Gasteiger partial charge in [0.2, 0.25) is 0 Å². The third kappa shape index (κ3) is 2.72. The van der Waals surface area contributed by atoms with Crippen LogP contribution in [0.1, 0.15) is 36.1 Å². The van der Waals surface area contributed by atoms with Gasteiger partial charge in [-0.1, -0.05) is 0 Å². The number of nitrogens with zero attached hydrogens (tertiary/aromatic N) is 2. The van der Waals surface area contributed by atoms with Crippen molar-refractivity contribution in [2.24, 2.45) is 5.92 Å². The number of fused-ring (bicyclic) bond motifs is 1. The molecule has 5 nitrogen and oxygen atoms in total. The Balaban J connectivity index is 1.78. The molecule has 1 saturated carbocycles. The highest BCUT2D eigenvalue weighted by molar-refractivity contribution is 7.18. The fourth-order valence-corrected chi connectivity index (χ4v) is 3.97. The average Bonchev–Trinajstić information content (AvgIpc) is 2.76. The first-order valence-corrected chi connectivity index (χ1v) is 8.08. The van der Waals surface area contributed by atoms with Gasteiger partial charge >= 0.3 is 5.97 Å². The quantitative estimate of drug-likeness (QED) is 0.909. The van der Waals surface area contributed by atoms with Crippen molar-refractivity contribution < 1.29 is 9.90 Å². The number of rotatable bonds is 3. The molecule has 1 aliphatic rings. The molecule has 0 radical (unpaired) electrons. The first-order valence-electron chi connectivity index (χ1n) is 7.26. The minimum atomic E-state index is -0.665. The summed E-state index contributed by atoms with van der Waals surface area (Å²) in [6.07, 6.45) is 4.84. The Kier molecular flexibility index (Phi) is 3.80. The van der Waals surface area contributed by atoms with E-state index in [-0.39, 0.29) is 5.92 Å². The lowest BCUT2D eigenvalue weighted by Gasteiger charge is -2.27. The van der Waals surface area contributed by atoms with Gasteiger partial charge in [0.25, 0.3) is 0 Å². The molecule has 1 fully saturated rings. The van der Waals surface area contributed by atoms with Crippen LogP contribution in [0.25, 0.3) is 10.2 Å². The summed E-state index contributed by atoms with van der Waals surface area (Å²) in [7, 11) is 0. The number of aryl methyl sites for hydroxylation is 2. The fraction of sp³-hybridized carbons (Fsp3) is 0.533. The Labute approximate surface area is 127 Å². The lowest BCUT2D eigenvalue weighted by Crippen LogP contribution is -2.29. The summed E-state index contributed by atoms with van der Waals surface area (Å²) in [6, 6.07) is 0.304. The maximum Gasteiger partial charge on any atom is 0.306 e. The van der Waals surface area contributed by atoms with Gasteiger partial charge in [-0.25, -0.2) is 9.97 Å². The van der Waals surface area contributed by atoms with Crippen molar-refractivity contribution in [3.8, 4) is 0 Å². The smallest absolute Gasteiger partial charge is 0.306 e. The van der Waals surface area contributed by atoms with Crippen LogP contribution in [0, 0.1) is 19.8 Å². The lowest BCUT2D eigenvalue weighted by atomic mass is 9.86. The number of hydrogen-bond donors (Lipinski definition) is 2. The second-order valence-electron chi connectivity index (χ2n) is 5.72. The van der Waals surface area contributed by atoms with Crippen molar-refractivity contribution in [2.45, 2.75) is 45.6 Å². The summed E-state index contributed by atoms with van der Waals surface area (Å²) in [4.78, 5) is 22.0. The van der Waals surface area contributed by atoms with E-state index in [1.165, 1.54) is 10.4 Å². The minimum absolute atomic E-state index is 0.182. The second kappa shape index (κ2) is 5.60. The van der Waals surface area contributed by atoms with Crippen LogP contribution >= 0.6 is 11.3 Å². The number of thiophene rings is 1. The van der Waals surface area contributed by atoms with Crippen molar-refractivity contribution in [1.82, 2.24) is 9.97 Å². The van der Waals surface area contributed by atoms with Crippen molar-refractivity contribution in [3.05, 3.63) is 16.8 Å². The molecule has 2 aromatic rings. The minimum Gasteiger partial charge on any atom is -0.481 e. The van der Waals surface area contributed by atoms with Gasteiger partial charge in [-0.3, -0.25) is 4.79 Å². The molecule has 0 bridgehead atoms. The molecule has 0 saturated heterocycles. The summed E-state index contributed by atoms with van der Waals surface area (Å²) < 4.78 is 0. The first-order chi connectivity index (χ1) is 10.1. The van der Waals surface area contributed by atoms with Crippen LogP contribution in [0.2, 0.25) is 0 Å². The van der Waals surface area contributed by atoms with Crippen LogP contribution in [0.3, 0.4) is 0 Å². The molecule has 2 heterocycles. The molecular formula is C15H19N3O2S. The van der Waals surface area contributed by atoms with Gasteiger partial charge in [0.05, 0.1) is 11.3 Å². The Hall–Kier alpha value is -1.69. The summed E-state index contributed by atoms with van der Waals surface area (Å²) >= 11 is 1.69.